The fourth-order valence-electron chi connectivity index (χ4n) is 2.00. The van der Waals surface area contributed by atoms with E-state index >= 15 is 0 Å². The maximum atomic E-state index is 12.0. The van der Waals surface area contributed by atoms with Gasteiger partial charge in [0.2, 0.25) is 0 Å². The van der Waals surface area contributed by atoms with Crippen LogP contribution in [0.3, 0.4) is 0 Å². The number of sulfone groups is 1. The van der Waals surface area contributed by atoms with Crippen LogP contribution in [0, 0.1) is 11.3 Å². The molecule has 1 fully saturated rings. The van der Waals surface area contributed by atoms with E-state index in [1.165, 1.54) is 12.3 Å². The second kappa shape index (κ2) is 5.46. The summed E-state index contributed by atoms with van der Waals surface area (Å²) in [5, 5.41) is 8.71. The Bertz CT molecular complexity index is 557. The smallest absolute Gasteiger partial charge is 0.156 e. The summed E-state index contributed by atoms with van der Waals surface area (Å²) >= 11 is 0. The van der Waals surface area contributed by atoms with Crippen LogP contribution in [0.4, 0.5) is 0 Å². The van der Waals surface area contributed by atoms with Crippen LogP contribution in [-0.2, 0) is 20.3 Å². The van der Waals surface area contributed by atoms with Crippen molar-refractivity contribution in [1.82, 2.24) is 4.98 Å². The highest BCUT2D eigenvalue weighted by molar-refractivity contribution is 7.90. The Balaban J connectivity index is 2.04. The quantitative estimate of drug-likeness (QED) is 0.813. The van der Waals surface area contributed by atoms with Gasteiger partial charge in [0.1, 0.15) is 11.8 Å². The van der Waals surface area contributed by atoms with Gasteiger partial charge in [0, 0.05) is 12.8 Å². The average molecular weight is 266 g/mol. The molecule has 0 spiro atoms. The van der Waals surface area contributed by atoms with E-state index in [1.807, 2.05) is 6.07 Å². The highest BCUT2D eigenvalue weighted by Gasteiger charge is 2.23. The van der Waals surface area contributed by atoms with Crippen molar-refractivity contribution in [1.29, 1.82) is 5.26 Å². The predicted octanol–water partition coefficient (Wildman–Crippen LogP) is 1.05. The van der Waals surface area contributed by atoms with Gasteiger partial charge in [-0.3, -0.25) is 0 Å². The van der Waals surface area contributed by atoms with E-state index in [0.717, 1.165) is 12.8 Å². The summed E-state index contributed by atoms with van der Waals surface area (Å²) < 4.78 is 29.3. The summed E-state index contributed by atoms with van der Waals surface area (Å²) in [7, 11) is -3.21. The molecule has 0 radical (unpaired) electrons. The molecule has 1 atom stereocenters. The minimum absolute atomic E-state index is 0.0528. The van der Waals surface area contributed by atoms with E-state index in [9.17, 15) is 8.42 Å². The Morgan fingerprint density at radius 3 is 3.06 bits per heavy atom. The number of aromatic nitrogens is 1. The lowest BCUT2D eigenvalue weighted by atomic mass is 10.2. The van der Waals surface area contributed by atoms with Crippen molar-refractivity contribution < 1.29 is 13.2 Å². The summed E-state index contributed by atoms with van der Waals surface area (Å²) in [5.74, 6) is -0.0126. The molecule has 1 aromatic heterocycles. The molecule has 1 saturated heterocycles. The van der Waals surface area contributed by atoms with Crippen LogP contribution in [-0.4, -0.2) is 31.9 Å². The van der Waals surface area contributed by atoms with E-state index in [0.29, 0.717) is 12.2 Å². The van der Waals surface area contributed by atoms with Crippen molar-refractivity contribution in [2.75, 3.05) is 12.4 Å². The minimum Gasteiger partial charge on any atom is -0.377 e. The first-order chi connectivity index (χ1) is 8.59. The molecule has 2 heterocycles. The van der Waals surface area contributed by atoms with Crippen LogP contribution < -0.4 is 0 Å². The van der Waals surface area contributed by atoms with E-state index in [-0.39, 0.29) is 23.3 Å². The van der Waals surface area contributed by atoms with Crippen molar-refractivity contribution in [2.45, 2.75) is 24.7 Å². The molecule has 18 heavy (non-hydrogen) atoms. The SMILES string of the molecule is N#Cc1cc(CS(=O)(=O)CC2CCCO2)ccn1. The molecule has 0 amide bonds. The van der Waals surface area contributed by atoms with Gasteiger partial charge in [-0.2, -0.15) is 5.26 Å². The van der Waals surface area contributed by atoms with Crippen LogP contribution in [0.1, 0.15) is 24.1 Å². The van der Waals surface area contributed by atoms with Crippen molar-refractivity contribution in [2.24, 2.45) is 0 Å². The van der Waals surface area contributed by atoms with Gasteiger partial charge in [0.15, 0.2) is 9.84 Å². The Morgan fingerprint density at radius 1 is 1.56 bits per heavy atom. The Hall–Kier alpha value is -1.45. The molecule has 0 aromatic carbocycles. The predicted molar refractivity (Wildman–Crippen MR) is 65.4 cm³/mol. The first-order valence-electron chi connectivity index (χ1n) is 5.76. The molecule has 1 aliphatic rings. The summed E-state index contributed by atoms with van der Waals surface area (Å²) in [5.41, 5.74) is 0.833. The summed E-state index contributed by atoms with van der Waals surface area (Å²) in [6.45, 7) is 0.647. The molecule has 1 aliphatic heterocycles. The largest absolute Gasteiger partial charge is 0.377 e. The monoisotopic (exact) mass is 266 g/mol. The zero-order valence-electron chi connectivity index (χ0n) is 9.87. The number of pyridine rings is 1. The lowest BCUT2D eigenvalue weighted by Crippen LogP contribution is -2.21. The van der Waals surface area contributed by atoms with Crippen molar-refractivity contribution in [3.05, 3.63) is 29.6 Å². The average Bonchev–Trinajstić information content (AvgIpc) is 2.80. The lowest BCUT2D eigenvalue weighted by Gasteiger charge is -2.10. The normalized spacial score (nSPS) is 19.6. The Kier molecular flexibility index (Phi) is 3.94. The van der Waals surface area contributed by atoms with Crippen LogP contribution >= 0.6 is 0 Å². The standard InChI is InChI=1S/C12H14N2O3S/c13-7-11-6-10(3-4-14-11)8-18(15,16)9-12-2-1-5-17-12/h3-4,6,12H,1-2,5,8-9H2. The third-order valence-electron chi connectivity index (χ3n) is 2.79. The molecule has 0 N–H and O–H groups in total. The highest BCUT2D eigenvalue weighted by Crippen LogP contribution is 2.16. The van der Waals surface area contributed by atoms with Gasteiger partial charge in [-0.25, -0.2) is 13.4 Å². The molecular weight excluding hydrogens is 252 g/mol. The fraction of sp³-hybridized carbons (Fsp3) is 0.500. The second-order valence-electron chi connectivity index (χ2n) is 4.35. The first-order valence-corrected chi connectivity index (χ1v) is 7.58. The second-order valence-corrected chi connectivity index (χ2v) is 6.46. The summed E-state index contributed by atoms with van der Waals surface area (Å²) in [4.78, 5) is 3.81. The molecule has 6 heteroatoms. The maximum Gasteiger partial charge on any atom is 0.156 e. The maximum absolute atomic E-state index is 12.0. The third-order valence-corrected chi connectivity index (χ3v) is 4.44. The van der Waals surface area contributed by atoms with Crippen molar-refractivity contribution in [3.8, 4) is 6.07 Å². The van der Waals surface area contributed by atoms with E-state index in [4.69, 9.17) is 10.00 Å². The molecular formula is C12H14N2O3S. The van der Waals surface area contributed by atoms with Gasteiger partial charge >= 0.3 is 0 Å². The first kappa shape index (κ1) is 13.0. The van der Waals surface area contributed by atoms with E-state index in [1.54, 1.807) is 6.07 Å². The zero-order valence-corrected chi connectivity index (χ0v) is 10.7. The summed E-state index contributed by atoms with van der Waals surface area (Å²) in [6.07, 6.45) is 3.01. The van der Waals surface area contributed by atoms with Crippen molar-refractivity contribution >= 4 is 9.84 Å². The molecule has 0 saturated carbocycles. The Labute approximate surface area is 106 Å². The van der Waals surface area contributed by atoms with Crippen molar-refractivity contribution in [3.63, 3.8) is 0 Å². The Morgan fingerprint density at radius 2 is 2.39 bits per heavy atom. The molecule has 0 bridgehead atoms. The van der Waals surface area contributed by atoms with Gasteiger partial charge in [-0.1, -0.05) is 0 Å². The van der Waals surface area contributed by atoms with Crippen LogP contribution in [0.25, 0.3) is 0 Å². The van der Waals surface area contributed by atoms with Gasteiger partial charge in [0.05, 0.1) is 17.6 Å². The molecule has 0 aliphatic carbocycles. The number of nitriles is 1. The molecule has 96 valence electrons. The topological polar surface area (TPSA) is 80.0 Å². The number of hydrogen-bond donors (Lipinski definition) is 0. The van der Waals surface area contributed by atoms with Crippen LogP contribution in [0.5, 0.6) is 0 Å². The molecule has 1 unspecified atom stereocenters. The molecule has 1 aromatic rings. The van der Waals surface area contributed by atoms with Gasteiger partial charge in [0.25, 0.3) is 0 Å². The third kappa shape index (κ3) is 3.52. The molecule has 5 nitrogen and oxygen atoms in total. The van der Waals surface area contributed by atoms with Gasteiger partial charge in [-0.05, 0) is 30.5 Å². The van der Waals surface area contributed by atoms with Crippen LogP contribution in [0.15, 0.2) is 18.3 Å². The van der Waals surface area contributed by atoms with Gasteiger partial charge in [-0.15, -0.1) is 0 Å². The number of rotatable bonds is 4. The molecule has 2 rings (SSSR count). The fourth-order valence-corrected chi connectivity index (χ4v) is 3.63. The van der Waals surface area contributed by atoms with E-state index in [2.05, 4.69) is 4.98 Å². The summed E-state index contributed by atoms with van der Waals surface area (Å²) in [6, 6.07) is 5.02. The van der Waals surface area contributed by atoms with Crippen LogP contribution in [0.2, 0.25) is 0 Å². The zero-order chi connectivity index (χ0) is 13.0. The highest BCUT2D eigenvalue weighted by atomic mass is 32.2. The number of hydrogen-bond acceptors (Lipinski definition) is 5. The minimum atomic E-state index is -3.21. The number of nitrogens with zero attached hydrogens (tertiary/aromatic N) is 2. The number of ether oxygens (including phenoxy) is 1. The van der Waals surface area contributed by atoms with Gasteiger partial charge < -0.3 is 4.74 Å². The van der Waals surface area contributed by atoms with E-state index < -0.39 is 9.84 Å². The lowest BCUT2D eigenvalue weighted by molar-refractivity contribution is 0.127.